The number of aryl methyl sites for hydroxylation is 1. The molecule has 3 aliphatic rings. The number of nitrogens with zero attached hydrogens (tertiary/aromatic N) is 4. The SMILES string of the molecule is CC(=N)[C@@H]1C[C@H]1C(=O)Nc1cc2cc(-c3ccncc3CNc3cc(-c4ccncc4C)cc4c3=CNC(NC(=O)[C@H]3C[C@@H]3C#N)C=4)cc(N)c2cn1. The van der Waals surface area contributed by atoms with E-state index >= 15 is 0 Å². The number of nitriles is 1. The van der Waals surface area contributed by atoms with Crippen LogP contribution >= 0.6 is 0 Å². The van der Waals surface area contributed by atoms with Crippen molar-refractivity contribution < 1.29 is 9.59 Å². The van der Waals surface area contributed by atoms with Gasteiger partial charge in [-0.2, -0.15) is 5.26 Å². The highest BCUT2D eigenvalue weighted by molar-refractivity contribution is 6.02. The van der Waals surface area contributed by atoms with Gasteiger partial charge in [-0.25, -0.2) is 4.98 Å². The first-order valence-electron chi connectivity index (χ1n) is 17.6. The summed E-state index contributed by atoms with van der Waals surface area (Å²) < 4.78 is 0. The standard InChI is InChI=1S/C41H38N10O2/c1-21-16-45-5-3-29(21)24-8-26-13-39(50-40(52)32-9-27(32)15-42)49-20-35(26)37(11-24)47-18-28-17-46-6-4-30(28)23-7-25-12-38(48-19-34(25)36(44)10-23)51-41(53)33-14-31(33)22(2)43/h3-8,10-13,16-17,19-20,27,31-33,39,43,47,49H,9,14,18,44H2,1-2H3,(H,50,52)(H,48,51,53)/t27-,31+,32+,33-,39?/m1/s1. The van der Waals surface area contributed by atoms with E-state index in [2.05, 4.69) is 54.4 Å². The number of hydrogen-bond donors (Lipinski definition) is 6. The van der Waals surface area contributed by atoms with Crippen LogP contribution in [0.15, 0.2) is 73.4 Å². The Morgan fingerprint density at radius 3 is 2.53 bits per heavy atom. The summed E-state index contributed by atoms with van der Waals surface area (Å²) in [6.45, 7) is 4.22. The molecule has 0 radical (unpaired) electrons. The third-order valence-electron chi connectivity index (χ3n) is 10.4. The lowest BCUT2D eigenvalue weighted by atomic mass is 9.97. The van der Waals surface area contributed by atoms with Gasteiger partial charge < -0.3 is 32.4 Å². The summed E-state index contributed by atoms with van der Waals surface area (Å²) in [6, 6.07) is 16.2. The number of nitrogens with two attached hydrogens (primary N) is 1. The number of carbonyl (C=O) groups excluding carboxylic acids is 2. The molecule has 0 spiro atoms. The maximum atomic E-state index is 12.8. The number of hydrogen-bond acceptors (Lipinski definition) is 10. The molecule has 4 heterocycles. The number of benzene rings is 2. The molecule has 2 aromatic carbocycles. The largest absolute Gasteiger partial charge is 0.398 e. The second kappa shape index (κ2) is 13.5. The lowest BCUT2D eigenvalue weighted by Gasteiger charge is -2.21. The highest BCUT2D eigenvalue weighted by Gasteiger charge is 2.45. The van der Waals surface area contributed by atoms with E-state index in [1.807, 2.05) is 61.9 Å². The van der Waals surface area contributed by atoms with Crippen LogP contribution in [0.5, 0.6) is 0 Å². The minimum atomic E-state index is -0.416. The Labute approximate surface area is 305 Å². The predicted octanol–water partition coefficient (Wildman–Crippen LogP) is 4.20. The Kier molecular flexibility index (Phi) is 8.54. The van der Waals surface area contributed by atoms with E-state index in [0.717, 1.165) is 60.3 Å². The van der Waals surface area contributed by atoms with Crippen molar-refractivity contribution in [2.24, 2.45) is 23.7 Å². The Bertz CT molecular complexity index is 2510. The molecule has 5 atom stereocenters. The normalized spacial score (nSPS) is 20.7. The molecule has 12 nitrogen and oxygen atoms in total. The molecule has 0 saturated heterocycles. The van der Waals surface area contributed by atoms with Gasteiger partial charge in [0.15, 0.2) is 0 Å². The molecule has 5 aromatic rings. The van der Waals surface area contributed by atoms with Gasteiger partial charge in [0.05, 0.1) is 17.9 Å². The molecule has 1 aliphatic heterocycles. The number of aromatic nitrogens is 3. The fourth-order valence-corrected chi connectivity index (χ4v) is 7.18. The summed E-state index contributed by atoms with van der Waals surface area (Å²) in [5, 5.41) is 33.5. The average molecular weight is 703 g/mol. The molecule has 264 valence electrons. The van der Waals surface area contributed by atoms with E-state index in [0.29, 0.717) is 36.6 Å². The molecule has 2 amide bonds. The number of rotatable bonds is 10. The maximum absolute atomic E-state index is 12.8. The van der Waals surface area contributed by atoms with Gasteiger partial charge >= 0.3 is 0 Å². The zero-order valence-electron chi connectivity index (χ0n) is 29.3. The summed E-state index contributed by atoms with van der Waals surface area (Å²) in [5.74, 6) is -0.453. The number of nitrogen functional groups attached to an aromatic ring is 1. The van der Waals surface area contributed by atoms with Gasteiger partial charge in [0.25, 0.3) is 0 Å². The number of nitrogens with one attached hydrogen (secondary N) is 5. The molecule has 2 fully saturated rings. The van der Waals surface area contributed by atoms with Gasteiger partial charge in [-0.1, -0.05) is 0 Å². The molecule has 2 saturated carbocycles. The number of pyridine rings is 3. The number of fused-ring (bicyclic) bond motifs is 2. The molecule has 12 heteroatoms. The van der Waals surface area contributed by atoms with Crippen LogP contribution in [0.1, 0.15) is 30.9 Å². The van der Waals surface area contributed by atoms with Crippen LogP contribution in [0.3, 0.4) is 0 Å². The number of carbonyl (C=O) groups is 2. The monoisotopic (exact) mass is 702 g/mol. The first-order valence-corrected chi connectivity index (χ1v) is 17.6. The van der Waals surface area contributed by atoms with Crippen LogP contribution in [-0.2, 0) is 16.1 Å². The Morgan fingerprint density at radius 2 is 1.77 bits per heavy atom. The van der Waals surface area contributed by atoms with Crippen LogP contribution in [0, 0.1) is 47.3 Å². The average Bonchev–Trinajstić information content (AvgIpc) is 4.08. The van der Waals surface area contributed by atoms with Crippen LogP contribution in [0.4, 0.5) is 17.2 Å². The van der Waals surface area contributed by atoms with E-state index in [4.69, 9.17) is 11.1 Å². The Hall–Kier alpha value is -6.61. The summed E-state index contributed by atoms with van der Waals surface area (Å²) in [7, 11) is 0. The fourth-order valence-electron chi connectivity index (χ4n) is 7.18. The third kappa shape index (κ3) is 6.77. The Balaban J connectivity index is 1.09. The summed E-state index contributed by atoms with van der Waals surface area (Å²) in [4.78, 5) is 38.8. The van der Waals surface area contributed by atoms with E-state index < -0.39 is 6.17 Å². The molecule has 0 bridgehead atoms. The smallest absolute Gasteiger partial charge is 0.229 e. The van der Waals surface area contributed by atoms with Gasteiger partial charge in [-0.05, 0) is 119 Å². The molecule has 8 rings (SSSR count). The van der Waals surface area contributed by atoms with Crippen LogP contribution in [0.25, 0.3) is 45.3 Å². The van der Waals surface area contributed by atoms with Crippen molar-refractivity contribution in [1.29, 1.82) is 10.7 Å². The van der Waals surface area contributed by atoms with Crippen molar-refractivity contribution in [2.75, 3.05) is 16.4 Å². The van der Waals surface area contributed by atoms with Gasteiger partial charge in [0.1, 0.15) is 12.0 Å². The summed E-state index contributed by atoms with van der Waals surface area (Å²) >= 11 is 0. The predicted molar refractivity (Wildman–Crippen MR) is 205 cm³/mol. The first-order chi connectivity index (χ1) is 25.7. The number of amides is 2. The summed E-state index contributed by atoms with van der Waals surface area (Å²) in [5.41, 5.74) is 14.4. The lowest BCUT2D eigenvalue weighted by molar-refractivity contribution is -0.123. The van der Waals surface area contributed by atoms with Crippen molar-refractivity contribution in [3.05, 3.63) is 95.0 Å². The van der Waals surface area contributed by atoms with Crippen molar-refractivity contribution in [3.63, 3.8) is 0 Å². The summed E-state index contributed by atoms with van der Waals surface area (Å²) in [6.07, 6.45) is 13.7. The van der Waals surface area contributed by atoms with Crippen molar-refractivity contribution in [3.8, 4) is 28.3 Å². The minimum Gasteiger partial charge on any atom is -0.398 e. The Morgan fingerprint density at radius 1 is 0.981 bits per heavy atom. The maximum Gasteiger partial charge on any atom is 0.229 e. The van der Waals surface area contributed by atoms with Gasteiger partial charge in [-0.15, -0.1) is 0 Å². The highest BCUT2D eigenvalue weighted by atomic mass is 16.2. The zero-order chi connectivity index (χ0) is 36.8. The fraction of sp³-hybridized carbons (Fsp3) is 0.244. The quantitative estimate of drug-likeness (QED) is 0.0914. The van der Waals surface area contributed by atoms with E-state index in [1.54, 1.807) is 25.5 Å². The van der Waals surface area contributed by atoms with Gasteiger partial charge in [-0.3, -0.25) is 19.6 Å². The van der Waals surface area contributed by atoms with Crippen LogP contribution in [0.2, 0.25) is 0 Å². The molecular formula is C41H38N10O2. The molecule has 3 aromatic heterocycles. The molecule has 53 heavy (non-hydrogen) atoms. The second-order valence-electron chi connectivity index (χ2n) is 14.1. The van der Waals surface area contributed by atoms with Crippen molar-refractivity contribution in [2.45, 2.75) is 39.4 Å². The van der Waals surface area contributed by atoms with Gasteiger partial charge in [0.2, 0.25) is 11.8 Å². The third-order valence-corrected chi connectivity index (χ3v) is 10.4. The second-order valence-corrected chi connectivity index (χ2v) is 14.1. The topological polar surface area (TPSA) is 195 Å². The number of anilines is 3. The molecule has 7 N–H and O–H groups in total. The first kappa shape index (κ1) is 33.5. The molecular weight excluding hydrogens is 665 g/mol. The van der Waals surface area contributed by atoms with E-state index in [1.165, 1.54) is 0 Å². The van der Waals surface area contributed by atoms with Crippen molar-refractivity contribution >= 4 is 57.8 Å². The molecule has 1 unspecified atom stereocenters. The van der Waals surface area contributed by atoms with Crippen molar-refractivity contribution in [1.82, 2.24) is 25.6 Å². The lowest BCUT2D eigenvalue weighted by Crippen LogP contribution is -2.49. The highest BCUT2D eigenvalue weighted by Crippen LogP contribution is 2.40. The van der Waals surface area contributed by atoms with E-state index in [-0.39, 0.29) is 35.5 Å². The van der Waals surface area contributed by atoms with Gasteiger partial charge in [0, 0.05) is 83.3 Å². The zero-order valence-corrected chi connectivity index (χ0v) is 29.3. The van der Waals surface area contributed by atoms with Crippen LogP contribution < -0.4 is 37.4 Å². The minimum absolute atomic E-state index is 0.00669. The van der Waals surface area contributed by atoms with Crippen LogP contribution in [-0.4, -0.2) is 38.6 Å². The van der Waals surface area contributed by atoms with E-state index in [9.17, 15) is 14.9 Å². The molecule has 2 aliphatic carbocycles.